The Morgan fingerprint density at radius 3 is 2.09 bits per heavy atom. The summed E-state index contributed by atoms with van der Waals surface area (Å²) in [6, 6.07) is 2.57. The topological polar surface area (TPSA) is 6.48 Å². The molecule has 2 heteroatoms. The van der Waals surface area contributed by atoms with Crippen LogP contribution in [-0.4, -0.2) is 47.6 Å². The van der Waals surface area contributed by atoms with Gasteiger partial charge >= 0.3 is 0 Å². The summed E-state index contributed by atoms with van der Waals surface area (Å²) in [6.07, 6.45) is 11.6. The van der Waals surface area contributed by atoms with E-state index in [4.69, 9.17) is 0 Å². The molecule has 23 heavy (non-hydrogen) atoms. The van der Waals surface area contributed by atoms with E-state index >= 15 is 0 Å². The molecule has 4 unspecified atom stereocenters. The van der Waals surface area contributed by atoms with Crippen LogP contribution in [-0.2, 0) is 0 Å². The monoisotopic (exact) mass is 320 g/mol. The van der Waals surface area contributed by atoms with Crippen molar-refractivity contribution in [3.8, 4) is 0 Å². The lowest BCUT2D eigenvalue weighted by Gasteiger charge is -2.51. The van der Waals surface area contributed by atoms with E-state index in [1.54, 1.807) is 0 Å². The summed E-state index contributed by atoms with van der Waals surface area (Å²) >= 11 is 0. The first-order chi connectivity index (χ1) is 11.0. The fraction of sp³-hybridized carbons (Fsp3) is 1.00. The molecule has 4 atom stereocenters. The Morgan fingerprint density at radius 2 is 1.43 bits per heavy atom. The molecule has 1 aliphatic carbocycles. The molecule has 0 N–H and O–H groups in total. The van der Waals surface area contributed by atoms with Crippen molar-refractivity contribution in [2.24, 2.45) is 17.8 Å². The first-order valence-electron chi connectivity index (χ1n) is 10.5. The maximum Gasteiger partial charge on any atom is 0.0257 e. The van der Waals surface area contributed by atoms with Gasteiger partial charge in [-0.2, -0.15) is 0 Å². The molecule has 0 aromatic rings. The normalized spacial score (nSPS) is 38.5. The number of hydrogen-bond acceptors (Lipinski definition) is 2. The first kappa shape index (κ1) is 17.7. The van der Waals surface area contributed by atoms with E-state index in [2.05, 4.69) is 37.5 Å². The average Bonchev–Trinajstić information content (AvgIpc) is 3.02. The van der Waals surface area contributed by atoms with E-state index in [-0.39, 0.29) is 0 Å². The third kappa shape index (κ3) is 4.31. The second-order valence-corrected chi connectivity index (χ2v) is 9.46. The summed E-state index contributed by atoms with van der Waals surface area (Å²) in [4.78, 5) is 5.87. The SMILES string of the molecule is CC(C)CN1CCC(C)CC1C1CC(C)CCN1C1CCCC1. The van der Waals surface area contributed by atoms with E-state index < -0.39 is 0 Å². The van der Waals surface area contributed by atoms with Crippen molar-refractivity contribution in [2.75, 3.05) is 19.6 Å². The Balaban J connectivity index is 1.76. The van der Waals surface area contributed by atoms with Crippen LogP contribution in [0.4, 0.5) is 0 Å². The van der Waals surface area contributed by atoms with Gasteiger partial charge in [0.05, 0.1) is 0 Å². The Morgan fingerprint density at radius 1 is 0.826 bits per heavy atom. The van der Waals surface area contributed by atoms with Crippen LogP contribution in [0.25, 0.3) is 0 Å². The molecule has 2 nitrogen and oxygen atoms in total. The molecule has 2 heterocycles. The van der Waals surface area contributed by atoms with Crippen LogP contribution < -0.4 is 0 Å². The average molecular weight is 321 g/mol. The van der Waals surface area contributed by atoms with Crippen molar-refractivity contribution in [1.82, 2.24) is 9.80 Å². The molecule has 0 amide bonds. The third-order valence-electron chi connectivity index (χ3n) is 6.81. The van der Waals surface area contributed by atoms with Crippen LogP contribution in [0.15, 0.2) is 0 Å². The maximum absolute atomic E-state index is 2.99. The molecule has 1 saturated carbocycles. The first-order valence-corrected chi connectivity index (χ1v) is 10.5. The molecular weight excluding hydrogens is 280 g/mol. The van der Waals surface area contributed by atoms with E-state index in [1.165, 1.54) is 71.0 Å². The Bertz CT molecular complexity index is 361. The molecule has 0 aromatic heterocycles. The van der Waals surface area contributed by atoms with Crippen LogP contribution in [0.3, 0.4) is 0 Å². The van der Waals surface area contributed by atoms with Crippen molar-refractivity contribution < 1.29 is 0 Å². The molecule has 0 aromatic carbocycles. The number of hydrogen-bond donors (Lipinski definition) is 0. The van der Waals surface area contributed by atoms with Crippen LogP contribution in [0.5, 0.6) is 0 Å². The molecule has 3 rings (SSSR count). The second kappa shape index (κ2) is 7.87. The highest BCUT2D eigenvalue weighted by Gasteiger charge is 2.41. The zero-order valence-corrected chi connectivity index (χ0v) is 16.1. The van der Waals surface area contributed by atoms with Crippen molar-refractivity contribution in [1.29, 1.82) is 0 Å². The molecule has 2 saturated heterocycles. The van der Waals surface area contributed by atoms with E-state index in [9.17, 15) is 0 Å². The molecule has 3 aliphatic rings. The fourth-order valence-corrected chi connectivity index (χ4v) is 5.60. The Kier molecular flexibility index (Phi) is 6.07. The quantitative estimate of drug-likeness (QED) is 0.735. The smallest absolute Gasteiger partial charge is 0.0257 e. The van der Waals surface area contributed by atoms with Crippen LogP contribution in [0, 0.1) is 17.8 Å². The molecule has 0 spiro atoms. The van der Waals surface area contributed by atoms with Gasteiger partial charge < -0.3 is 0 Å². The lowest BCUT2D eigenvalue weighted by Crippen LogP contribution is -2.59. The van der Waals surface area contributed by atoms with Crippen LogP contribution in [0.1, 0.15) is 79.1 Å². The highest BCUT2D eigenvalue weighted by atomic mass is 15.3. The van der Waals surface area contributed by atoms with Gasteiger partial charge in [0.2, 0.25) is 0 Å². The van der Waals surface area contributed by atoms with Crippen molar-refractivity contribution >= 4 is 0 Å². The molecule has 2 aliphatic heterocycles. The van der Waals surface area contributed by atoms with Gasteiger partial charge in [-0.05, 0) is 69.4 Å². The predicted octanol–water partition coefficient (Wildman–Crippen LogP) is 4.79. The molecule has 3 fully saturated rings. The summed E-state index contributed by atoms with van der Waals surface area (Å²) in [7, 11) is 0. The van der Waals surface area contributed by atoms with Gasteiger partial charge in [-0.1, -0.05) is 40.5 Å². The number of nitrogens with zero attached hydrogens (tertiary/aromatic N) is 2. The van der Waals surface area contributed by atoms with Gasteiger partial charge in [0.15, 0.2) is 0 Å². The highest BCUT2D eigenvalue weighted by molar-refractivity contribution is 4.97. The van der Waals surface area contributed by atoms with Crippen molar-refractivity contribution in [2.45, 2.75) is 97.2 Å². The van der Waals surface area contributed by atoms with Gasteiger partial charge in [0.1, 0.15) is 0 Å². The standard InChI is InChI=1S/C21H40N2/c1-16(2)15-22-11-9-17(3)13-20(22)21-14-18(4)10-12-23(21)19-7-5-6-8-19/h16-21H,5-15H2,1-4H3. The molecule has 0 radical (unpaired) electrons. The zero-order chi connectivity index (χ0) is 16.4. The number of piperidine rings is 2. The molecule has 134 valence electrons. The summed E-state index contributed by atoms with van der Waals surface area (Å²) in [6.45, 7) is 13.8. The fourth-order valence-electron chi connectivity index (χ4n) is 5.60. The van der Waals surface area contributed by atoms with Gasteiger partial charge in [-0.15, -0.1) is 0 Å². The highest BCUT2D eigenvalue weighted by Crippen LogP contribution is 2.37. The Labute approximate surface area is 145 Å². The van der Waals surface area contributed by atoms with Crippen LogP contribution in [0.2, 0.25) is 0 Å². The van der Waals surface area contributed by atoms with Crippen molar-refractivity contribution in [3.63, 3.8) is 0 Å². The number of likely N-dealkylation sites (tertiary alicyclic amines) is 2. The largest absolute Gasteiger partial charge is 0.299 e. The van der Waals surface area contributed by atoms with Crippen LogP contribution >= 0.6 is 0 Å². The van der Waals surface area contributed by atoms with E-state index in [0.717, 1.165) is 35.9 Å². The predicted molar refractivity (Wildman–Crippen MR) is 99.7 cm³/mol. The van der Waals surface area contributed by atoms with Crippen molar-refractivity contribution in [3.05, 3.63) is 0 Å². The lowest BCUT2D eigenvalue weighted by molar-refractivity contribution is -0.0176. The zero-order valence-electron chi connectivity index (χ0n) is 16.1. The lowest BCUT2D eigenvalue weighted by atomic mass is 9.80. The van der Waals surface area contributed by atoms with E-state index in [1.807, 2.05) is 0 Å². The van der Waals surface area contributed by atoms with E-state index in [0.29, 0.717) is 0 Å². The maximum atomic E-state index is 2.99. The van der Waals surface area contributed by atoms with Gasteiger partial charge in [0.25, 0.3) is 0 Å². The summed E-state index contributed by atoms with van der Waals surface area (Å²) in [5.41, 5.74) is 0. The minimum absolute atomic E-state index is 0.798. The minimum Gasteiger partial charge on any atom is -0.299 e. The summed E-state index contributed by atoms with van der Waals surface area (Å²) in [5, 5.41) is 0. The minimum atomic E-state index is 0.798. The van der Waals surface area contributed by atoms with Gasteiger partial charge in [-0.25, -0.2) is 0 Å². The third-order valence-corrected chi connectivity index (χ3v) is 6.81. The molecule has 0 bridgehead atoms. The summed E-state index contributed by atoms with van der Waals surface area (Å²) in [5.74, 6) is 2.65. The Hall–Kier alpha value is -0.0800. The summed E-state index contributed by atoms with van der Waals surface area (Å²) < 4.78 is 0. The molecular formula is C21H40N2. The van der Waals surface area contributed by atoms with Gasteiger partial charge in [-0.3, -0.25) is 9.80 Å². The number of rotatable bonds is 4. The second-order valence-electron chi connectivity index (χ2n) is 9.46. The van der Waals surface area contributed by atoms with Gasteiger partial charge in [0, 0.05) is 24.7 Å².